The molecular weight excluding hydrogens is 293 g/mol. The molecular formula is C13H10ClF3N2O. The number of aromatic nitrogens is 1. The number of rotatable bonds is 2. The Morgan fingerprint density at radius 3 is 2.70 bits per heavy atom. The van der Waals surface area contributed by atoms with Crippen molar-refractivity contribution >= 4 is 28.4 Å². The maximum absolute atomic E-state index is 12.1. The van der Waals surface area contributed by atoms with Gasteiger partial charge < -0.3 is 5.32 Å². The van der Waals surface area contributed by atoms with Crippen LogP contribution in [0.15, 0.2) is 24.3 Å². The van der Waals surface area contributed by atoms with Crippen LogP contribution in [0.3, 0.4) is 0 Å². The van der Waals surface area contributed by atoms with Crippen LogP contribution in [-0.4, -0.2) is 23.6 Å². The molecule has 106 valence electrons. The van der Waals surface area contributed by atoms with Gasteiger partial charge in [0.2, 0.25) is 0 Å². The predicted octanol–water partition coefficient (Wildman–Crippen LogP) is 3.49. The zero-order chi connectivity index (χ0) is 14.9. The largest absolute Gasteiger partial charge is 0.405 e. The van der Waals surface area contributed by atoms with E-state index in [4.69, 9.17) is 11.6 Å². The van der Waals surface area contributed by atoms with Gasteiger partial charge in [-0.2, -0.15) is 13.2 Å². The number of carbonyl (C=O) groups is 1. The Morgan fingerprint density at radius 1 is 1.35 bits per heavy atom. The molecule has 1 N–H and O–H groups in total. The first kappa shape index (κ1) is 14.6. The van der Waals surface area contributed by atoms with Gasteiger partial charge >= 0.3 is 6.18 Å². The van der Waals surface area contributed by atoms with E-state index < -0.39 is 18.6 Å². The van der Waals surface area contributed by atoms with Crippen molar-refractivity contribution in [2.24, 2.45) is 0 Å². The van der Waals surface area contributed by atoms with E-state index in [-0.39, 0.29) is 5.56 Å². The van der Waals surface area contributed by atoms with Gasteiger partial charge in [-0.15, -0.1) is 0 Å². The third-order valence-electron chi connectivity index (χ3n) is 2.66. The van der Waals surface area contributed by atoms with E-state index in [1.807, 2.05) is 5.32 Å². The molecule has 7 heteroatoms. The molecule has 2 rings (SSSR count). The standard InChI is InChI=1S/C13H10ClF3N2O/c1-7-10(12(20)18-6-13(15,16)17)4-8-2-3-9(14)5-11(8)19-7/h2-5H,6H2,1H3,(H,18,20). The Labute approximate surface area is 117 Å². The minimum atomic E-state index is -4.44. The summed E-state index contributed by atoms with van der Waals surface area (Å²) >= 11 is 5.83. The lowest BCUT2D eigenvalue weighted by atomic mass is 10.1. The van der Waals surface area contributed by atoms with Gasteiger partial charge in [0.25, 0.3) is 5.91 Å². The molecule has 0 radical (unpaired) electrons. The van der Waals surface area contributed by atoms with E-state index in [9.17, 15) is 18.0 Å². The lowest BCUT2D eigenvalue weighted by Gasteiger charge is -2.10. The van der Waals surface area contributed by atoms with Gasteiger partial charge in [0, 0.05) is 10.4 Å². The van der Waals surface area contributed by atoms with Crippen molar-refractivity contribution in [1.29, 1.82) is 0 Å². The summed E-state index contributed by atoms with van der Waals surface area (Å²) < 4.78 is 36.3. The van der Waals surface area contributed by atoms with E-state index in [0.717, 1.165) is 0 Å². The summed E-state index contributed by atoms with van der Waals surface area (Å²) in [6, 6.07) is 6.41. The Bertz CT molecular complexity index is 670. The van der Waals surface area contributed by atoms with Crippen molar-refractivity contribution in [3.05, 3.63) is 40.5 Å². The maximum Gasteiger partial charge on any atom is 0.405 e. The Morgan fingerprint density at radius 2 is 2.05 bits per heavy atom. The number of hydrogen-bond acceptors (Lipinski definition) is 2. The second-order valence-corrected chi connectivity index (χ2v) is 4.69. The highest BCUT2D eigenvalue weighted by molar-refractivity contribution is 6.31. The molecule has 0 unspecified atom stereocenters. The van der Waals surface area contributed by atoms with Crippen molar-refractivity contribution in [2.45, 2.75) is 13.1 Å². The van der Waals surface area contributed by atoms with Crippen LogP contribution in [-0.2, 0) is 0 Å². The molecule has 0 saturated carbocycles. The van der Waals surface area contributed by atoms with Crippen LogP contribution < -0.4 is 5.32 Å². The van der Waals surface area contributed by atoms with Crippen molar-refractivity contribution in [3.8, 4) is 0 Å². The SMILES string of the molecule is Cc1nc2cc(Cl)ccc2cc1C(=O)NCC(F)(F)F. The summed E-state index contributed by atoms with van der Waals surface area (Å²) in [5, 5.41) is 2.96. The third-order valence-corrected chi connectivity index (χ3v) is 2.90. The molecule has 1 aromatic heterocycles. The Kier molecular flexibility index (Phi) is 3.85. The number of benzene rings is 1. The van der Waals surface area contributed by atoms with Gasteiger partial charge in [0.15, 0.2) is 0 Å². The van der Waals surface area contributed by atoms with Gasteiger partial charge in [-0.3, -0.25) is 9.78 Å². The Hall–Kier alpha value is -1.82. The second-order valence-electron chi connectivity index (χ2n) is 4.26. The molecule has 1 aromatic carbocycles. The molecule has 0 aliphatic rings. The van der Waals surface area contributed by atoms with Gasteiger partial charge in [-0.25, -0.2) is 0 Å². The third kappa shape index (κ3) is 3.39. The van der Waals surface area contributed by atoms with Crippen LogP contribution in [0.4, 0.5) is 13.2 Å². The fraction of sp³-hybridized carbons (Fsp3) is 0.231. The van der Waals surface area contributed by atoms with Crippen molar-refractivity contribution in [2.75, 3.05) is 6.54 Å². The molecule has 0 aliphatic heterocycles. The van der Waals surface area contributed by atoms with Gasteiger partial charge in [-0.05, 0) is 25.1 Å². The number of hydrogen-bond donors (Lipinski definition) is 1. The normalized spacial score (nSPS) is 11.7. The quantitative estimate of drug-likeness (QED) is 0.922. The predicted molar refractivity (Wildman–Crippen MR) is 69.9 cm³/mol. The maximum atomic E-state index is 12.1. The number of nitrogens with zero attached hydrogens (tertiary/aromatic N) is 1. The first-order valence-electron chi connectivity index (χ1n) is 5.68. The van der Waals surface area contributed by atoms with E-state index in [1.54, 1.807) is 25.1 Å². The highest BCUT2D eigenvalue weighted by Crippen LogP contribution is 2.21. The fourth-order valence-corrected chi connectivity index (χ4v) is 1.91. The summed E-state index contributed by atoms with van der Waals surface area (Å²) in [6.45, 7) is 0.187. The van der Waals surface area contributed by atoms with Crippen LogP contribution in [0, 0.1) is 6.92 Å². The molecule has 0 spiro atoms. The van der Waals surface area contributed by atoms with Crippen LogP contribution in [0.1, 0.15) is 16.1 Å². The van der Waals surface area contributed by atoms with Gasteiger partial charge in [-0.1, -0.05) is 17.7 Å². The summed E-state index contributed by atoms with van der Waals surface area (Å²) in [5.74, 6) is -0.802. The average molecular weight is 303 g/mol. The number of nitrogens with one attached hydrogen (secondary N) is 1. The fourth-order valence-electron chi connectivity index (χ4n) is 1.74. The van der Waals surface area contributed by atoms with E-state index in [0.29, 0.717) is 21.6 Å². The summed E-state index contributed by atoms with van der Waals surface area (Å²) in [7, 11) is 0. The average Bonchev–Trinajstić information content (AvgIpc) is 2.34. The number of carbonyl (C=O) groups excluding carboxylic acids is 1. The van der Waals surface area contributed by atoms with Crippen molar-refractivity contribution in [3.63, 3.8) is 0 Å². The van der Waals surface area contributed by atoms with Crippen LogP contribution in [0.25, 0.3) is 10.9 Å². The van der Waals surface area contributed by atoms with Crippen LogP contribution in [0.5, 0.6) is 0 Å². The van der Waals surface area contributed by atoms with Crippen molar-refractivity contribution in [1.82, 2.24) is 10.3 Å². The highest BCUT2D eigenvalue weighted by atomic mass is 35.5. The molecule has 0 saturated heterocycles. The van der Waals surface area contributed by atoms with E-state index >= 15 is 0 Å². The zero-order valence-electron chi connectivity index (χ0n) is 10.4. The first-order valence-corrected chi connectivity index (χ1v) is 6.06. The van der Waals surface area contributed by atoms with Gasteiger partial charge in [0.1, 0.15) is 6.54 Å². The summed E-state index contributed by atoms with van der Waals surface area (Å²) in [4.78, 5) is 15.9. The van der Waals surface area contributed by atoms with Crippen molar-refractivity contribution < 1.29 is 18.0 Å². The monoisotopic (exact) mass is 302 g/mol. The molecule has 3 nitrogen and oxygen atoms in total. The second kappa shape index (κ2) is 5.28. The zero-order valence-corrected chi connectivity index (χ0v) is 11.1. The van der Waals surface area contributed by atoms with E-state index in [1.165, 1.54) is 6.07 Å². The van der Waals surface area contributed by atoms with Crippen LogP contribution >= 0.6 is 11.6 Å². The summed E-state index contributed by atoms with van der Waals surface area (Å²) in [6.07, 6.45) is -4.44. The van der Waals surface area contributed by atoms with E-state index in [2.05, 4.69) is 4.98 Å². The number of amides is 1. The minimum Gasteiger partial charge on any atom is -0.343 e. The number of aryl methyl sites for hydroxylation is 1. The number of alkyl halides is 3. The first-order chi connectivity index (χ1) is 9.26. The summed E-state index contributed by atoms with van der Waals surface area (Å²) in [5.41, 5.74) is 1.05. The smallest absolute Gasteiger partial charge is 0.343 e. The molecule has 1 amide bonds. The van der Waals surface area contributed by atoms with Gasteiger partial charge in [0.05, 0.1) is 16.8 Å². The molecule has 0 aliphatic carbocycles. The van der Waals surface area contributed by atoms with Crippen LogP contribution in [0.2, 0.25) is 5.02 Å². The molecule has 1 heterocycles. The molecule has 20 heavy (non-hydrogen) atoms. The number of halogens is 4. The lowest BCUT2D eigenvalue weighted by Crippen LogP contribution is -2.34. The topological polar surface area (TPSA) is 42.0 Å². The minimum absolute atomic E-state index is 0.115. The molecule has 0 fully saturated rings. The number of fused-ring (bicyclic) bond motifs is 1. The molecule has 0 bridgehead atoms. The molecule has 2 aromatic rings. The highest BCUT2D eigenvalue weighted by Gasteiger charge is 2.28. The lowest BCUT2D eigenvalue weighted by molar-refractivity contribution is -0.123. The number of pyridine rings is 1. The molecule has 0 atom stereocenters. The Balaban J connectivity index is 2.32.